The van der Waals surface area contributed by atoms with Gasteiger partial charge in [0.15, 0.2) is 11.5 Å². The van der Waals surface area contributed by atoms with Crippen molar-refractivity contribution in [3.8, 4) is 11.5 Å². The van der Waals surface area contributed by atoms with Gasteiger partial charge in [0.05, 0.1) is 0 Å². The van der Waals surface area contributed by atoms with Gasteiger partial charge in [0.25, 0.3) is 0 Å². The molecule has 2 atom stereocenters. The van der Waals surface area contributed by atoms with Gasteiger partial charge in [-0.3, -0.25) is 4.90 Å². The number of rotatable bonds is 4. The number of para-hydroxylation sites is 1. The van der Waals surface area contributed by atoms with Crippen molar-refractivity contribution in [1.82, 2.24) is 10.2 Å². The highest BCUT2D eigenvalue weighted by molar-refractivity contribution is 5.47. The van der Waals surface area contributed by atoms with Crippen molar-refractivity contribution in [2.24, 2.45) is 11.8 Å². The van der Waals surface area contributed by atoms with E-state index < -0.39 is 0 Å². The van der Waals surface area contributed by atoms with Crippen LogP contribution in [-0.2, 0) is 6.54 Å². The first-order chi connectivity index (χ1) is 11.9. The predicted octanol–water partition coefficient (Wildman–Crippen LogP) is 2.81. The first-order valence-corrected chi connectivity index (χ1v) is 9.73. The summed E-state index contributed by atoms with van der Waals surface area (Å²) in [6.45, 7) is 4.84. The number of benzene rings is 1. The maximum absolute atomic E-state index is 5.87. The average Bonchev–Trinajstić information content (AvgIpc) is 3.44. The van der Waals surface area contributed by atoms with Gasteiger partial charge < -0.3 is 14.8 Å². The summed E-state index contributed by atoms with van der Waals surface area (Å²) in [6, 6.07) is 7.87. The molecule has 2 aliphatic heterocycles. The van der Waals surface area contributed by atoms with Gasteiger partial charge in [0.2, 0.25) is 0 Å². The lowest BCUT2D eigenvalue weighted by molar-refractivity contribution is 0.0411. The van der Waals surface area contributed by atoms with E-state index in [0.717, 1.165) is 35.9 Å². The third-order valence-corrected chi connectivity index (χ3v) is 6.34. The Morgan fingerprint density at radius 2 is 1.79 bits per heavy atom. The van der Waals surface area contributed by atoms with E-state index in [9.17, 15) is 0 Å². The van der Waals surface area contributed by atoms with Crippen molar-refractivity contribution in [2.75, 3.05) is 26.3 Å². The second-order valence-corrected chi connectivity index (χ2v) is 7.98. The molecule has 4 heteroatoms. The van der Waals surface area contributed by atoms with Crippen molar-refractivity contribution < 1.29 is 9.47 Å². The summed E-state index contributed by atoms with van der Waals surface area (Å²) in [7, 11) is 0. The van der Waals surface area contributed by atoms with Crippen LogP contribution in [0.1, 0.15) is 37.7 Å². The fourth-order valence-corrected chi connectivity index (χ4v) is 5.05. The van der Waals surface area contributed by atoms with Crippen LogP contribution in [0.3, 0.4) is 0 Å². The predicted molar refractivity (Wildman–Crippen MR) is 93.5 cm³/mol. The number of hydrogen-bond acceptors (Lipinski definition) is 4. The van der Waals surface area contributed by atoms with Crippen LogP contribution in [0.4, 0.5) is 0 Å². The highest BCUT2D eigenvalue weighted by Crippen LogP contribution is 2.40. The molecule has 4 aliphatic rings. The van der Waals surface area contributed by atoms with Gasteiger partial charge in [-0.15, -0.1) is 0 Å². The summed E-state index contributed by atoms with van der Waals surface area (Å²) in [6.07, 6.45) is 7.08. The Morgan fingerprint density at radius 3 is 2.58 bits per heavy atom. The maximum Gasteiger partial charge on any atom is 0.165 e. The van der Waals surface area contributed by atoms with E-state index in [1.165, 1.54) is 50.8 Å². The van der Waals surface area contributed by atoms with E-state index in [4.69, 9.17) is 9.47 Å². The molecule has 2 bridgehead atoms. The maximum atomic E-state index is 5.87. The quantitative estimate of drug-likeness (QED) is 0.921. The molecule has 0 aromatic heterocycles. The summed E-state index contributed by atoms with van der Waals surface area (Å²) in [5.41, 5.74) is 1.25. The number of piperidine rings is 1. The molecular weight excluding hydrogens is 300 g/mol. The molecule has 130 valence electrons. The molecule has 1 aromatic carbocycles. The van der Waals surface area contributed by atoms with Gasteiger partial charge in [0, 0.05) is 37.3 Å². The second-order valence-electron chi connectivity index (χ2n) is 7.98. The molecule has 2 aliphatic carbocycles. The first-order valence-electron chi connectivity index (χ1n) is 9.73. The van der Waals surface area contributed by atoms with E-state index in [-0.39, 0.29) is 0 Å². The molecule has 1 saturated heterocycles. The average molecular weight is 328 g/mol. The molecule has 3 fully saturated rings. The number of fused-ring (bicyclic) bond motifs is 3. The van der Waals surface area contributed by atoms with E-state index in [0.29, 0.717) is 19.3 Å². The lowest BCUT2D eigenvalue weighted by Crippen LogP contribution is -2.57. The van der Waals surface area contributed by atoms with Gasteiger partial charge in [-0.25, -0.2) is 0 Å². The Balaban J connectivity index is 1.28. The van der Waals surface area contributed by atoms with Crippen LogP contribution < -0.4 is 14.8 Å². The van der Waals surface area contributed by atoms with Crippen molar-refractivity contribution >= 4 is 0 Å². The van der Waals surface area contributed by atoms with Gasteiger partial charge in [-0.2, -0.15) is 0 Å². The number of hydrogen-bond donors (Lipinski definition) is 1. The molecule has 0 spiro atoms. The van der Waals surface area contributed by atoms with E-state index in [2.05, 4.69) is 22.3 Å². The molecule has 24 heavy (non-hydrogen) atoms. The van der Waals surface area contributed by atoms with E-state index in [1.54, 1.807) is 0 Å². The monoisotopic (exact) mass is 328 g/mol. The van der Waals surface area contributed by atoms with Crippen LogP contribution in [0.5, 0.6) is 11.5 Å². The fourth-order valence-electron chi connectivity index (χ4n) is 5.05. The number of likely N-dealkylation sites (tertiary alicyclic amines) is 1. The van der Waals surface area contributed by atoms with Crippen LogP contribution in [0, 0.1) is 11.8 Å². The Hall–Kier alpha value is -1.26. The molecule has 4 nitrogen and oxygen atoms in total. The Bertz CT molecular complexity index is 587. The summed E-state index contributed by atoms with van der Waals surface area (Å²) < 4.78 is 11.6. The number of nitrogens with zero attached hydrogens (tertiary/aromatic N) is 1. The Morgan fingerprint density at radius 1 is 1.00 bits per heavy atom. The topological polar surface area (TPSA) is 33.7 Å². The van der Waals surface area contributed by atoms with Crippen LogP contribution >= 0.6 is 0 Å². The largest absolute Gasteiger partial charge is 0.486 e. The first kappa shape index (κ1) is 15.0. The van der Waals surface area contributed by atoms with Crippen LogP contribution in [-0.4, -0.2) is 43.3 Å². The van der Waals surface area contributed by atoms with E-state index >= 15 is 0 Å². The molecule has 0 amide bonds. The number of nitrogens with one attached hydrogen (secondary N) is 1. The molecule has 0 radical (unpaired) electrons. The SMILES string of the molecule is c1cc(CNC2[C@H]3CCC[C@H]2CN(C2CC2)C3)c2c(c1)OCCO2. The zero-order chi connectivity index (χ0) is 15.9. The van der Waals surface area contributed by atoms with Gasteiger partial charge in [0.1, 0.15) is 13.2 Å². The summed E-state index contributed by atoms with van der Waals surface area (Å²) >= 11 is 0. The molecule has 1 N–H and O–H groups in total. The standard InChI is InChI=1S/C20H28N2O2/c1-4-15-12-22(17-7-8-17)13-16(5-1)19(15)21-11-14-3-2-6-18-20(14)24-10-9-23-18/h2-3,6,15-17,19,21H,1,4-5,7-13H2/t15-,16-/m0/s1. The van der Waals surface area contributed by atoms with Crippen LogP contribution in [0.15, 0.2) is 18.2 Å². The minimum atomic E-state index is 0.660. The lowest BCUT2D eigenvalue weighted by Gasteiger charge is -2.48. The Kier molecular flexibility index (Phi) is 3.90. The smallest absolute Gasteiger partial charge is 0.165 e. The molecule has 2 heterocycles. The van der Waals surface area contributed by atoms with Gasteiger partial charge in [-0.05, 0) is 43.6 Å². The molecule has 0 unspecified atom stereocenters. The summed E-state index contributed by atoms with van der Waals surface area (Å²) in [4.78, 5) is 2.79. The second kappa shape index (κ2) is 6.23. The zero-order valence-electron chi connectivity index (χ0n) is 14.4. The van der Waals surface area contributed by atoms with Crippen molar-refractivity contribution in [3.05, 3.63) is 23.8 Å². The lowest BCUT2D eigenvalue weighted by atomic mass is 9.73. The van der Waals surface area contributed by atoms with Gasteiger partial charge >= 0.3 is 0 Å². The zero-order valence-corrected chi connectivity index (χ0v) is 14.4. The highest BCUT2D eigenvalue weighted by Gasteiger charge is 2.43. The van der Waals surface area contributed by atoms with Crippen molar-refractivity contribution in [3.63, 3.8) is 0 Å². The minimum absolute atomic E-state index is 0.660. The molecular formula is C20H28N2O2. The van der Waals surface area contributed by atoms with Crippen LogP contribution in [0.25, 0.3) is 0 Å². The normalized spacial score (nSPS) is 32.6. The molecule has 2 saturated carbocycles. The van der Waals surface area contributed by atoms with Crippen molar-refractivity contribution in [2.45, 2.75) is 50.7 Å². The van der Waals surface area contributed by atoms with Crippen molar-refractivity contribution in [1.29, 1.82) is 0 Å². The third kappa shape index (κ3) is 2.80. The molecule has 1 aromatic rings. The fraction of sp³-hybridized carbons (Fsp3) is 0.700. The summed E-state index contributed by atoms with van der Waals surface area (Å²) in [5.74, 6) is 3.52. The number of ether oxygens (including phenoxy) is 2. The highest BCUT2D eigenvalue weighted by atomic mass is 16.6. The molecule has 5 rings (SSSR count). The van der Waals surface area contributed by atoms with E-state index in [1.807, 2.05) is 6.07 Å². The summed E-state index contributed by atoms with van der Waals surface area (Å²) in [5, 5.41) is 3.91. The van der Waals surface area contributed by atoms with Gasteiger partial charge in [-0.1, -0.05) is 18.6 Å². The third-order valence-electron chi connectivity index (χ3n) is 6.34. The van der Waals surface area contributed by atoms with Crippen LogP contribution in [0.2, 0.25) is 0 Å². The minimum Gasteiger partial charge on any atom is -0.486 e. The Labute approximate surface area is 144 Å².